The standard InChI is InChI=1S/C16H18ClN3/c1-11-5-3-6-13(9-11)14-7-4-8-20(14)16-10-15(17)18-12(2)19-16/h3,5-6,9-10,14H,4,7-8H2,1-2H3. The molecule has 0 saturated carbocycles. The van der Waals surface area contributed by atoms with Gasteiger partial charge in [-0.05, 0) is 32.3 Å². The van der Waals surface area contributed by atoms with Gasteiger partial charge in [0.25, 0.3) is 0 Å². The van der Waals surface area contributed by atoms with E-state index >= 15 is 0 Å². The summed E-state index contributed by atoms with van der Waals surface area (Å²) in [6.45, 7) is 5.03. The van der Waals surface area contributed by atoms with Crippen molar-refractivity contribution in [3.05, 3.63) is 52.4 Å². The molecular weight excluding hydrogens is 270 g/mol. The summed E-state index contributed by atoms with van der Waals surface area (Å²) >= 11 is 6.07. The highest BCUT2D eigenvalue weighted by molar-refractivity contribution is 6.29. The van der Waals surface area contributed by atoms with Crippen molar-refractivity contribution in [3.63, 3.8) is 0 Å². The van der Waals surface area contributed by atoms with Gasteiger partial charge in [-0.25, -0.2) is 9.97 Å². The lowest BCUT2D eigenvalue weighted by molar-refractivity contribution is 0.708. The Kier molecular flexibility index (Phi) is 3.62. The smallest absolute Gasteiger partial charge is 0.134 e. The van der Waals surface area contributed by atoms with Crippen molar-refractivity contribution < 1.29 is 0 Å². The minimum atomic E-state index is 0.389. The first kappa shape index (κ1) is 13.4. The summed E-state index contributed by atoms with van der Waals surface area (Å²) in [5.41, 5.74) is 2.65. The maximum atomic E-state index is 6.07. The van der Waals surface area contributed by atoms with E-state index in [0.29, 0.717) is 11.2 Å². The van der Waals surface area contributed by atoms with Crippen LogP contribution in [0.1, 0.15) is 35.8 Å². The molecule has 1 fully saturated rings. The number of halogens is 1. The molecule has 2 aromatic rings. The predicted octanol–water partition coefficient (Wildman–Crippen LogP) is 4.09. The molecule has 3 nitrogen and oxygen atoms in total. The summed E-state index contributed by atoms with van der Waals surface area (Å²) in [6, 6.07) is 11.0. The van der Waals surface area contributed by atoms with Crippen molar-refractivity contribution in [2.24, 2.45) is 0 Å². The van der Waals surface area contributed by atoms with Crippen LogP contribution in [0, 0.1) is 13.8 Å². The first-order valence-corrected chi connectivity index (χ1v) is 7.36. The van der Waals surface area contributed by atoms with Crippen molar-refractivity contribution >= 4 is 17.4 Å². The molecule has 1 atom stereocenters. The molecule has 1 aromatic heterocycles. The van der Waals surface area contributed by atoms with Crippen LogP contribution in [-0.2, 0) is 0 Å². The molecule has 1 unspecified atom stereocenters. The van der Waals surface area contributed by atoms with Crippen molar-refractivity contribution in [2.75, 3.05) is 11.4 Å². The Bertz CT molecular complexity index is 607. The molecule has 3 rings (SSSR count). The summed E-state index contributed by atoms with van der Waals surface area (Å²) in [6.07, 6.45) is 2.34. The van der Waals surface area contributed by atoms with Gasteiger partial charge in [0.2, 0.25) is 0 Å². The van der Waals surface area contributed by atoms with Gasteiger partial charge in [0.1, 0.15) is 16.8 Å². The molecule has 20 heavy (non-hydrogen) atoms. The third kappa shape index (κ3) is 2.63. The van der Waals surface area contributed by atoms with Crippen LogP contribution in [-0.4, -0.2) is 16.5 Å². The second kappa shape index (κ2) is 5.41. The van der Waals surface area contributed by atoms with E-state index in [1.54, 1.807) is 0 Å². The second-order valence-corrected chi connectivity index (χ2v) is 5.75. The molecule has 104 valence electrons. The van der Waals surface area contributed by atoms with Crippen LogP contribution in [0.15, 0.2) is 30.3 Å². The second-order valence-electron chi connectivity index (χ2n) is 5.36. The first-order chi connectivity index (χ1) is 9.63. The normalized spacial score (nSPS) is 18.6. The molecule has 4 heteroatoms. The lowest BCUT2D eigenvalue weighted by Crippen LogP contribution is -2.24. The van der Waals surface area contributed by atoms with Gasteiger partial charge in [-0.15, -0.1) is 0 Å². The van der Waals surface area contributed by atoms with Gasteiger partial charge in [0, 0.05) is 12.6 Å². The Balaban J connectivity index is 1.96. The zero-order valence-electron chi connectivity index (χ0n) is 11.8. The predicted molar refractivity (Wildman–Crippen MR) is 82.3 cm³/mol. The fourth-order valence-corrected chi connectivity index (χ4v) is 3.15. The first-order valence-electron chi connectivity index (χ1n) is 6.98. The van der Waals surface area contributed by atoms with Gasteiger partial charge in [-0.3, -0.25) is 0 Å². The molecule has 0 N–H and O–H groups in total. The average Bonchev–Trinajstić information content (AvgIpc) is 2.86. The lowest BCUT2D eigenvalue weighted by atomic mass is 10.0. The number of nitrogens with zero attached hydrogens (tertiary/aromatic N) is 3. The Hall–Kier alpha value is -1.61. The van der Waals surface area contributed by atoms with Crippen LogP contribution in [0.5, 0.6) is 0 Å². The number of anilines is 1. The van der Waals surface area contributed by atoms with Crippen molar-refractivity contribution in [1.82, 2.24) is 9.97 Å². The number of hydrogen-bond acceptors (Lipinski definition) is 3. The summed E-state index contributed by atoms with van der Waals surface area (Å²) in [7, 11) is 0. The molecule has 0 amide bonds. The highest BCUT2D eigenvalue weighted by Gasteiger charge is 2.27. The molecular formula is C16H18ClN3. The van der Waals surface area contributed by atoms with Crippen molar-refractivity contribution in [3.8, 4) is 0 Å². The molecule has 0 radical (unpaired) electrons. The van der Waals surface area contributed by atoms with E-state index < -0.39 is 0 Å². The number of aryl methyl sites for hydroxylation is 2. The van der Waals surface area contributed by atoms with Crippen LogP contribution < -0.4 is 4.90 Å². The minimum Gasteiger partial charge on any atom is -0.349 e. The van der Waals surface area contributed by atoms with E-state index in [4.69, 9.17) is 11.6 Å². The molecule has 1 aliphatic heterocycles. The highest BCUT2D eigenvalue weighted by atomic mass is 35.5. The van der Waals surface area contributed by atoms with Crippen LogP contribution in [0.2, 0.25) is 5.15 Å². The fraction of sp³-hybridized carbons (Fsp3) is 0.375. The van der Waals surface area contributed by atoms with Gasteiger partial charge >= 0.3 is 0 Å². The van der Waals surface area contributed by atoms with E-state index in [1.165, 1.54) is 17.5 Å². The number of benzene rings is 1. The van der Waals surface area contributed by atoms with Crippen LogP contribution >= 0.6 is 11.6 Å². The summed E-state index contributed by atoms with van der Waals surface area (Å²) in [5, 5.41) is 0.516. The third-order valence-corrected chi connectivity index (χ3v) is 3.96. The Labute approximate surface area is 124 Å². The Morgan fingerprint density at radius 3 is 2.80 bits per heavy atom. The van der Waals surface area contributed by atoms with E-state index in [-0.39, 0.29) is 0 Å². The molecule has 0 bridgehead atoms. The van der Waals surface area contributed by atoms with Crippen LogP contribution in [0.25, 0.3) is 0 Å². The Morgan fingerprint density at radius 1 is 1.20 bits per heavy atom. The summed E-state index contributed by atoms with van der Waals surface area (Å²) in [4.78, 5) is 11.0. The van der Waals surface area contributed by atoms with Crippen molar-refractivity contribution in [1.29, 1.82) is 0 Å². The van der Waals surface area contributed by atoms with E-state index in [2.05, 4.69) is 46.1 Å². The third-order valence-electron chi connectivity index (χ3n) is 3.77. The number of aromatic nitrogens is 2. The maximum Gasteiger partial charge on any atom is 0.134 e. The zero-order chi connectivity index (χ0) is 14.1. The number of hydrogen-bond donors (Lipinski definition) is 0. The molecule has 0 spiro atoms. The van der Waals surface area contributed by atoms with E-state index in [1.807, 2.05) is 13.0 Å². The molecule has 2 heterocycles. The van der Waals surface area contributed by atoms with Crippen LogP contribution in [0.3, 0.4) is 0 Å². The SMILES string of the molecule is Cc1cccc(C2CCCN2c2cc(Cl)nc(C)n2)c1. The zero-order valence-corrected chi connectivity index (χ0v) is 12.6. The van der Waals surface area contributed by atoms with Gasteiger partial charge in [-0.1, -0.05) is 41.4 Å². The van der Waals surface area contributed by atoms with Gasteiger partial charge in [0.15, 0.2) is 0 Å². The monoisotopic (exact) mass is 287 g/mol. The van der Waals surface area contributed by atoms with Crippen molar-refractivity contribution in [2.45, 2.75) is 32.7 Å². The fourth-order valence-electron chi connectivity index (χ4n) is 2.93. The lowest BCUT2D eigenvalue weighted by Gasteiger charge is -2.26. The summed E-state index contributed by atoms with van der Waals surface area (Å²) < 4.78 is 0. The summed E-state index contributed by atoms with van der Waals surface area (Å²) in [5.74, 6) is 1.66. The number of rotatable bonds is 2. The van der Waals surface area contributed by atoms with Gasteiger partial charge in [-0.2, -0.15) is 0 Å². The Morgan fingerprint density at radius 2 is 2.05 bits per heavy atom. The van der Waals surface area contributed by atoms with Gasteiger partial charge < -0.3 is 4.90 Å². The largest absolute Gasteiger partial charge is 0.349 e. The molecule has 0 aliphatic carbocycles. The van der Waals surface area contributed by atoms with E-state index in [9.17, 15) is 0 Å². The maximum absolute atomic E-state index is 6.07. The van der Waals surface area contributed by atoms with E-state index in [0.717, 1.165) is 24.6 Å². The molecule has 1 saturated heterocycles. The quantitative estimate of drug-likeness (QED) is 0.779. The van der Waals surface area contributed by atoms with Crippen LogP contribution in [0.4, 0.5) is 5.82 Å². The highest BCUT2D eigenvalue weighted by Crippen LogP contribution is 2.35. The molecule has 1 aliphatic rings. The minimum absolute atomic E-state index is 0.389. The topological polar surface area (TPSA) is 29.0 Å². The molecule has 1 aromatic carbocycles. The van der Waals surface area contributed by atoms with Gasteiger partial charge in [0.05, 0.1) is 6.04 Å². The average molecular weight is 288 g/mol.